The Balaban J connectivity index is 1.80. The number of para-hydroxylation sites is 1. The van der Waals surface area contributed by atoms with Crippen LogP contribution in [0.4, 0.5) is 5.69 Å². The van der Waals surface area contributed by atoms with Gasteiger partial charge in [0.15, 0.2) is 5.11 Å². The zero-order chi connectivity index (χ0) is 12.1. The van der Waals surface area contributed by atoms with Crippen molar-refractivity contribution in [2.75, 3.05) is 18.5 Å². The number of rotatable bonds is 3. The molecule has 17 heavy (non-hydrogen) atoms. The number of hydrogen-bond acceptors (Lipinski definition) is 2. The van der Waals surface area contributed by atoms with E-state index in [2.05, 4.69) is 17.6 Å². The molecule has 0 amide bonds. The van der Waals surface area contributed by atoms with Crippen molar-refractivity contribution in [3.05, 3.63) is 30.3 Å². The monoisotopic (exact) mass is 250 g/mol. The lowest BCUT2D eigenvalue weighted by molar-refractivity contribution is 0.180. The normalized spacial score (nSPS) is 20.9. The van der Waals surface area contributed by atoms with E-state index in [0.29, 0.717) is 17.1 Å². The largest absolute Gasteiger partial charge is 0.381 e. The van der Waals surface area contributed by atoms with E-state index in [9.17, 15) is 0 Å². The molecule has 2 unspecified atom stereocenters. The summed E-state index contributed by atoms with van der Waals surface area (Å²) in [6, 6.07) is 10.3. The molecule has 1 heterocycles. The zero-order valence-electron chi connectivity index (χ0n) is 9.98. The Kier molecular flexibility index (Phi) is 4.34. The summed E-state index contributed by atoms with van der Waals surface area (Å²) in [5.41, 5.74) is 1.01. The lowest BCUT2D eigenvalue weighted by Crippen LogP contribution is -2.40. The highest BCUT2D eigenvalue weighted by Gasteiger charge is 2.22. The van der Waals surface area contributed by atoms with Crippen LogP contribution in [0.15, 0.2) is 30.3 Å². The van der Waals surface area contributed by atoms with E-state index in [1.54, 1.807) is 0 Å². The second-order valence-electron chi connectivity index (χ2n) is 4.38. The van der Waals surface area contributed by atoms with Gasteiger partial charge in [0, 0.05) is 24.3 Å². The van der Waals surface area contributed by atoms with E-state index < -0.39 is 0 Å². The quantitative estimate of drug-likeness (QED) is 0.807. The average molecular weight is 250 g/mol. The van der Waals surface area contributed by atoms with Gasteiger partial charge in [-0.2, -0.15) is 0 Å². The van der Waals surface area contributed by atoms with Crippen LogP contribution in [0.2, 0.25) is 0 Å². The van der Waals surface area contributed by atoms with Gasteiger partial charge in [-0.05, 0) is 37.7 Å². The van der Waals surface area contributed by atoms with Crippen molar-refractivity contribution < 1.29 is 4.74 Å². The first-order valence-electron chi connectivity index (χ1n) is 5.96. The van der Waals surface area contributed by atoms with Crippen molar-refractivity contribution in [3.63, 3.8) is 0 Å². The van der Waals surface area contributed by atoms with E-state index >= 15 is 0 Å². The van der Waals surface area contributed by atoms with Gasteiger partial charge in [-0.25, -0.2) is 0 Å². The molecule has 0 radical (unpaired) electrons. The zero-order valence-corrected chi connectivity index (χ0v) is 10.8. The van der Waals surface area contributed by atoms with Crippen LogP contribution in [0.3, 0.4) is 0 Å². The van der Waals surface area contributed by atoms with Crippen LogP contribution in [-0.4, -0.2) is 24.4 Å². The summed E-state index contributed by atoms with van der Waals surface area (Å²) in [6.45, 7) is 3.86. The summed E-state index contributed by atoms with van der Waals surface area (Å²) in [4.78, 5) is 0. The van der Waals surface area contributed by atoms with Crippen molar-refractivity contribution in [1.29, 1.82) is 0 Å². The molecule has 1 fully saturated rings. The van der Waals surface area contributed by atoms with Crippen LogP contribution >= 0.6 is 12.2 Å². The van der Waals surface area contributed by atoms with Crippen molar-refractivity contribution >= 4 is 23.0 Å². The second kappa shape index (κ2) is 5.98. The Morgan fingerprint density at radius 2 is 2.18 bits per heavy atom. The molecule has 0 spiro atoms. The Hall–Kier alpha value is -1.13. The fraction of sp³-hybridized carbons (Fsp3) is 0.462. The first-order chi connectivity index (χ1) is 8.25. The maximum absolute atomic E-state index is 5.37. The third-order valence-electron chi connectivity index (χ3n) is 3.06. The minimum atomic E-state index is 0.348. The third kappa shape index (κ3) is 3.68. The van der Waals surface area contributed by atoms with Gasteiger partial charge in [0.25, 0.3) is 0 Å². The number of hydrogen-bond donors (Lipinski definition) is 2. The first kappa shape index (κ1) is 12.3. The minimum absolute atomic E-state index is 0.348. The van der Waals surface area contributed by atoms with Crippen molar-refractivity contribution in [1.82, 2.24) is 5.32 Å². The van der Waals surface area contributed by atoms with E-state index in [0.717, 1.165) is 25.3 Å². The summed E-state index contributed by atoms with van der Waals surface area (Å²) in [7, 11) is 0. The number of thiocarbonyl (C=S) groups is 1. The molecule has 2 N–H and O–H groups in total. The van der Waals surface area contributed by atoms with E-state index in [1.807, 2.05) is 30.3 Å². The Bertz CT molecular complexity index is 363. The lowest BCUT2D eigenvalue weighted by Gasteiger charge is -2.21. The second-order valence-corrected chi connectivity index (χ2v) is 4.79. The summed E-state index contributed by atoms with van der Waals surface area (Å²) >= 11 is 5.28. The maximum Gasteiger partial charge on any atom is 0.170 e. The van der Waals surface area contributed by atoms with Gasteiger partial charge in [-0.3, -0.25) is 0 Å². The molecule has 3 nitrogen and oxygen atoms in total. The molecule has 0 aliphatic carbocycles. The van der Waals surface area contributed by atoms with Gasteiger partial charge >= 0.3 is 0 Å². The predicted molar refractivity (Wildman–Crippen MR) is 74.2 cm³/mol. The summed E-state index contributed by atoms with van der Waals surface area (Å²) in [5.74, 6) is 0.561. The molecular formula is C13H18N2OS. The van der Waals surface area contributed by atoms with Crippen LogP contribution < -0.4 is 10.6 Å². The van der Waals surface area contributed by atoms with Gasteiger partial charge in [-0.15, -0.1) is 0 Å². The molecule has 0 saturated carbocycles. The number of nitrogens with one attached hydrogen (secondary N) is 2. The summed E-state index contributed by atoms with van der Waals surface area (Å²) in [5, 5.41) is 7.16. The molecule has 1 aromatic carbocycles. The maximum atomic E-state index is 5.37. The molecule has 4 heteroatoms. The molecular weight excluding hydrogens is 232 g/mol. The first-order valence-corrected chi connectivity index (χ1v) is 6.37. The van der Waals surface area contributed by atoms with Crippen LogP contribution in [0.25, 0.3) is 0 Å². The van der Waals surface area contributed by atoms with Crippen molar-refractivity contribution in [2.45, 2.75) is 19.4 Å². The highest BCUT2D eigenvalue weighted by molar-refractivity contribution is 7.80. The fourth-order valence-electron chi connectivity index (χ4n) is 1.96. The summed E-state index contributed by atoms with van der Waals surface area (Å²) in [6.07, 6.45) is 1.11. The number of anilines is 1. The Morgan fingerprint density at radius 3 is 2.82 bits per heavy atom. The smallest absolute Gasteiger partial charge is 0.170 e. The van der Waals surface area contributed by atoms with Gasteiger partial charge in [0.1, 0.15) is 0 Å². The molecule has 1 saturated heterocycles. The van der Waals surface area contributed by atoms with Gasteiger partial charge in [0.2, 0.25) is 0 Å². The van der Waals surface area contributed by atoms with Crippen LogP contribution in [-0.2, 0) is 4.74 Å². The minimum Gasteiger partial charge on any atom is -0.381 e. The van der Waals surface area contributed by atoms with Crippen LogP contribution in [0.5, 0.6) is 0 Å². The Morgan fingerprint density at radius 1 is 1.41 bits per heavy atom. The molecule has 2 atom stereocenters. The highest BCUT2D eigenvalue weighted by atomic mass is 32.1. The average Bonchev–Trinajstić information content (AvgIpc) is 2.83. The van der Waals surface area contributed by atoms with Crippen LogP contribution in [0.1, 0.15) is 13.3 Å². The molecule has 1 aliphatic heterocycles. The molecule has 1 aromatic rings. The van der Waals surface area contributed by atoms with Gasteiger partial charge in [0.05, 0.1) is 6.61 Å². The predicted octanol–water partition coefficient (Wildman–Crippen LogP) is 2.40. The van der Waals surface area contributed by atoms with Gasteiger partial charge in [-0.1, -0.05) is 18.2 Å². The third-order valence-corrected chi connectivity index (χ3v) is 3.28. The van der Waals surface area contributed by atoms with Gasteiger partial charge < -0.3 is 15.4 Å². The molecule has 92 valence electrons. The highest BCUT2D eigenvalue weighted by Crippen LogP contribution is 2.16. The van der Waals surface area contributed by atoms with Crippen molar-refractivity contribution in [3.8, 4) is 0 Å². The SMILES string of the molecule is CC(NC(=S)Nc1ccccc1)C1CCOC1. The molecule has 0 aromatic heterocycles. The summed E-state index contributed by atoms with van der Waals surface area (Å²) < 4.78 is 5.37. The van der Waals surface area contributed by atoms with Crippen LogP contribution in [0, 0.1) is 5.92 Å². The topological polar surface area (TPSA) is 33.3 Å². The molecule has 1 aliphatic rings. The Labute approximate surface area is 108 Å². The van der Waals surface area contributed by atoms with Crippen molar-refractivity contribution in [2.24, 2.45) is 5.92 Å². The lowest BCUT2D eigenvalue weighted by atomic mass is 10.0. The molecule has 0 bridgehead atoms. The van der Waals surface area contributed by atoms with E-state index in [4.69, 9.17) is 17.0 Å². The number of benzene rings is 1. The fourth-order valence-corrected chi connectivity index (χ4v) is 2.26. The standard InChI is InChI=1S/C13H18N2OS/c1-10(11-7-8-16-9-11)14-13(17)15-12-5-3-2-4-6-12/h2-6,10-11H,7-9H2,1H3,(H2,14,15,17). The number of ether oxygens (including phenoxy) is 1. The van der Waals surface area contributed by atoms with E-state index in [-0.39, 0.29) is 0 Å². The van der Waals surface area contributed by atoms with E-state index in [1.165, 1.54) is 0 Å². The molecule has 2 rings (SSSR count).